The van der Waals surface area contributed by atoms with E-state index in [-0.39, 0.29) is 34.4 Å². The van der Waals surface area contributed by atoms with Gasteiger partial charge in [-0.05, 0) is 98.5 Å². The lowest BCUT2D eigenvalue weighted by atomic mass is 9.86. The average molecular weight is 1030 g/mol. The van der Waals surface area contributed by atoms with Crippen molar-refractivity contribution in [1.29, 1.82) is 0 Å². The Hall–Kier alpha value is -2.13. The fraction of sp³-hybridized carbons (Fsp3) is 0.781. The first-order valence-electron chi connectivity index (χ1n) is 30.6. The molecule has 0 bridgehead atoms. The first-order valence-corrected chi connectivity index (χ1v) is 33.5. The minimum atomic E-state index is -2.54. The van der Waals surface area contributed by atoms with Crippen molar-refractivity contribution in [3.8, 4) is 0 Å². The van der Waals surface area contributed by atoms with E-state index >= 15 is 0 Å². The van der Waals surface area contributed by atoms with Gasteiger partial charge in [0.1, 0.15) is 11.5 Å². The van der Waals surface area contributed by atoms with E-state index in [0.29, 0.717) is 24.1 Å². The zero-order chi connectivity index (χ0) is 52.0. The van der Waals surface area contributed by atoms with Crippen LogP contribution in [0.15, 0.2) is 60.7 Å². The van der Waals surface area contributed by atoms with Crippen molar-refractivity contribution in [1.82, 2.24) is 5.32 Å². The Kier molecular flexibility index (Phi) is 35.8. The summed E-state index contributed by atoms with van der Waals surface area (Å²) >= 11 is 1.75. The van der Waals surface area contributed by atoms with Crippen LogP contribution >= 0.6 is 11.8 Å². The van der Waals surface area contributed by atoms with Crippen LogP contribution in [0.2, 0.25) is 5.04 Å². The Morgan fingerprint density at radius 2 is 1.10 bits per heavy atom. The van der Waals surface area contributed by atoms with Crippen LogP contribution in [0.3, 0.4) is 0 Å². The minimum absolute atomic E-state index is 0.0135. The molecule has 0 amide bonds. The molecular weight excluding hydrogens is 923 g/mol. The molecule has 3 unspecified atom stereocenters. The molecule has 0 heterocycles. The van der Waals surface area contributed by atoms with E-state index in [1.54, 1.807) is 11.8 Å². The standard InChI is InChI=1S/C64H111NO5SSi/c1-8-12-16-19-20-28-41-56(40-27-17-13-9-2)63(67)70-62(71-54-58(44-29-18-14-10-3)69-61(66)51-50-55-38-25-21-26-39-55)49-35-34-43-57(42-24-15-11-4)65-52-36-37-53-68-72(64(5,6)7,59-45-30-22-31-46-59)60-47-32-23-33-48-60/h22-23,30-33,45-48,55-58,62,65H,8-21,24-29,34-44,49-54H2,1-7H3/t56?,57?,58-,62?/m0/s1. The fourth-order valence-corrected chi connectivity index (χ4v) is 17.0. The highest BCUT2D eigenvalue weighted by Gasteiger charge is 2.50. The van der Waals surface area contributed by atoms with E-state index in [9.17, 15) is 9.59 Å². The summed E-state index contributed by atoms with van der Waals surface area (Å²) in [5, 5.41) is 6.67. The normalized spacial score (nSPS) is 15.3. The number of unbranched alkanes of at least 4 members (excludes halogenated alkanes) is 15. The van der Waals surface area contributed by atoms with Gasteiger partial charge in [0.15, 0.2) is 0 Å². The van der Waals surface area contributed by atoms with Gasteiger partial charge in [0.2, 0.25) is 0 Å². The largest absolute Gasteiger partial charge is 0.461 e. The molecule has 1 fully saturated rings. The number of hydrogen-bond donors (Lipinski definition) is 1. The summed E-state index contributed by atoms with van der Waals surface area (Å²) < 4.78 is 20.2. The van der Waals surface area contributed by atoms with Gasteiger partial charge in [-0.25, -0.2) is 0 Å². The molecule has 0 aliphatic heterocycles. The number of benzene rings is 2. The molecule has 0 spiro atoms. The first kappa shape index (κ1) is 64.2. The molecule has 6 nitrogen and oxygen atoms in total. The summed E-state index contributed by atoms with van der Waals surface area (Å²) in [4.78, 5) is 27.7. The quantitative estimate of drug-likeness (QED) is 0.0307. The van der Waals surface area contributed by atoms with Crippen molar-refractivity contribution in [2.45, 2.75) is 289 Å². The summed E-state index contributed by atoms with van der Waals surface area (Å²) in [6.07, 6.45) is 38.4. The third kappa shape index (κ3) is 26.6. The molecule has 1 N–H and O–H groups in total. The summed E-state index contributed by atoms with van der Waals surface area (Å²) in [5.74, 6) is 1.31. The van der Waals surface area contributed by atoms with Gasteiger partial charge in [-0.15, -0.1) is 11.8 Å². The number of carbonyl (C=O) groups is 2. The predicted molar refractivity (Wildman–Crippen MR) is 314 cm³/mol. The van der Waals surface area contributed by atoms with Crippen LogP contribution in [0.1, 0.15) is 267 Å². The van der Waals surface area contributed by atoms with Gasteiger partial charge in [-0.3, -0.25) is 9.59 Å². The van der Waals surface area contributed by atoms with Crippen molar-refractivity contribution < 1.29 is 23.5 Å². The number of carbonyl (C=O) groups excluding carboxylic acids is 2. The van der Waals surface area contributed by atoms with Crippen molar-refractivity contribution in [3.63, 3.8) is 0 Å². The molecule has 0 radical (unpaired) electrons. The number of hydrogen-bond acceptors (Lipinski definition) is 7. The fourth-order valence-electron chi connectivity index (χ4n) is 11.2. The molecule has 4 atom stereocenters. The van der Waals surface area contributed by atoms with Gasteiger partial charge in [0.25, 0.3) is 8.32 Å². The maximum Gasteiger partial charge on any atom is 0.310 e. The minimum Gasteiger partial charge on any atom is -0.461 e. The zero-order valence-corrected chi connectivity index (χ0v) is 49.6. The lowest BCUT2D eigenvalue weighted by Crippen LogP contribution is -2.66. The van der Waals surface area contributed by atoms with Crippen LogP contribution < -0.4 is 15.7 Å². The molecule has 1 aliphatic carbocycles. The summed E-state index contributed by atoms with van der Waals surface area (Å²) in [5.41, 5.74) is -0.221. The van der Waals surface area contributed by atoms with Gasteiger partial charge < -0.3 is 19.2 Å². The predicted octanol–water partition coefficient (Wildman–Crippen LogP) is 17.6. The van der Waals surface area contributed by atoms with Crippen molar-refractivity contribution in [3.05, 3.63) is 60.7 Å². The third-order valence-corrected chi connectivity index (χ3v) is 22.0. The second-order valence-corrected chi connectivity index (χ2v) is 28.5. The van der Waals surface area contributed by atoms with E-state index in [0.717, 1.165) is 103 Å². The number of ether oxygens (including phenoxy) is 2. The summed E-state index contributed by atoms with van der Waals surface area (Å²) in [7, 11) is -2.54. The van der Waals surface area contributed by atoms with E-state index in [2.05, 4.69) is 114 Å². The monoisotopic (exact) mass is 1030 g/mol. The van der Waals surface area contributed by atoms with Gasteiger partial charge in [0.05, 0.1) is 5.92 Å². The van der Waals surface area contributed by atoms with E-state index in [4.69, 9.17) is 13.9 Å². The average Bonchev–Trinajstić information content (AvgIpc) is 3.38. The van der Waals surface area contributed by atoms with Crippen LogP contribution in [0, 0.1) is 11.8 Å². The Morgan fingerprint density at radius 1 is 0.597 bits per heavy atom. The molecule has 0 aromatic heterocycles. The Bertz CT molecular complexity index is 1560. The topological polar surface area (TPSA) is 73.9 Å². The second-order valence-electron chi connectivity index (χ2n) is 23.0. The highest BCUT2D eigenvalue weighted by atomic mass is 32.2. The Morgan fingerprint density at radius 3 is 1.68 bits per heavy atom. The second kappa shape index (κ2) is 40.2. The van der Waals surface area contributed by atoms with Crippen molar-refractivity contribution in [2.75, 3.05) is 18.9 Å². The van der Waals surface area contributed by atoms with Crippen LogP contribution in [0.25, 0.3) is 0 Å². The summed E-state index contributed by atoms with van der Waals surface area (Å²) in [6, 6.07) is 22.5. The van der Waals surface area contributed by atoms with E-state index in [1.165, 1.54) is 132 Å². The SMILES string of the molecule is CCCCCCCCC(CCCCCC)C(=O)OC(CCCCC(CCCCC)NCCCCO[Si](c1ccccc1)(c1ccccc1)C(C)(C)C)SC[C@H](CCCCCC)OC(=O)CCC1CCCCC1. The first-order chi connectivity index (χ1) is 35.1. The Balaban J connectivity index is 1.67. The molecule has 72 heavy (non-hydrogen) atoms. The number of thioether (sulfide) groups is 1. The van der Waals surface area contributed by atoms with E-state index < -0.39 is 8.32 Å². The van der Waals surface area contributed by atoms with Crippen LogP contribution in [-0.2, 0) is 23.5 Å². The molecule has 1 saturated carbocycles. The molecule has 3 rings (SSSR count). The highest BCUT2D eigenvalue weighted by molar-refractivity contribution is 7.99. The van der Waals surface area contributed by atoms with Gasteiger partial charge in [0, 0.05) is 24.8 Å². The smallest absolute Gasteiger partial charge is 0.310 e. The lowest BCUT2D eigenvalue weighted by molar-refractivity contribution is -0.151. The third-order valence-electron chi connectivity index (χ3n) is 15.7. The zero-order valence-electron chi connectivity index (χ0n) is 47.8. The lowest BCUT2D eigenvalue weighted by Gasteiger charge is -2.43. The van der Waals surface area contributed by atoms with Crippen LogP contribution in [0.5, 0.6) is 0 Å². The molecule has 0 saturated heterocycles. The van der Waals surface area contributed by atoms with Gasteiger partial charge >= 0.3 is 11.9 Å². The number of esters is 2. The highest BCUT2D eigenvalue weighted by Crippen LogP contribution is 2.37. The number of nitrogens with one attached hydrogen (secondary N) is 1. The number of rotatable bonds is 44. The Labute approximate surface area is 449 Å². The van der Waals surface area contributed by atoms with Crippen LogP contribution in [-0.4, -0.2) is 56.7 Å². The van der Waals surface area contributed by atoms with Crippen molar-refractivity contribution in [2.24, 2.45) is 11.8 Å². The molecular formula is C64H111NO5SSi. The molecule has 412 valence electrons. The maximum atomic E-state index is 14.3. The molecule has 2 aromatic carbocycles. The summed E-state index contributed by atoms with van der Waals surface area (Å²) in [6.45, 7) is 17.9. The molecule has 2 aromatic rings. The van der Waals surface area contributed by atoms with Crippen LogP contribution in [0.4, 0.5) is 0 Å². The molecule has 8 heteroatoms. The maximum absolute atomic E-state index is 14.3. The van der Waals surface area contributed by atoms with Gasteiger partial charge in [-0.2, -0.15) is 0 Å². The molecule has 1 aliphatic rings. The van der Waals surface area contributed by atoms with Gasteiger partial charge in [-0.1, -0.05) is 250 Å². The van der Waals surface area contributed by atoms with E-state index in [1.807, 2.05) is 0 Å². The van der Waals surface area contributed by atoms with Crippen molar-refractivity contribution >= 4 is 42.4 Å².